The minimum atomic E-state index is -0.210. The average Bonchev–Trinajstić information content (AvgIpc) is 2.60. The Labute approximate surface area is 88.7 Å². The number of hydrogen-bond acceptors (Lipinski definition) is 2. The van der Waals surface area contributed by atoms with Gasteiger partial charge in [0.2, 0.25) is 0 Å². The predicted octanol–water partition coefficient (Wildman–Crippen LogP) is 1.94. The topological polar surface area (TPSA) is 29.5 Å². The second kappa shape index (κ2) is 4.29. The molecule has 3 heteroatoms. The van der Waals surface area contributed by atoms with Crippen LogP contribution in [0, 0.1) is 11.7 Å². The van der Waals surface area contributed by atoms with Crippen molar-refractivity contribution in [1.82, 2.24) is 0 Å². The lowest BCUT2D eigenvalue weighted by Crippen LogP contribution is -2.21. The molecule has 1 aliphatic heterocycles. The maximum Gasteiger partial charge on any atom is 0.126 e. The molecule has 1 N–H and O–H groups in total. The Kier molecular flexibility index (Phi) is 3.03. The summed E-state index contributed by atoms with van der Waals surface area (Å²) in [5, 5.41) is 9.26. The summed E-state index contributed by atoms with van der Waals surface area (Å²) in [5.41, 5.74) is 0.654. The first-order chi connectivity index (χ1) is 7.24. The van der Waals surface area contributed by atoms with Gasteiger partial charge in [-0.3, -0.25) is 0 Å². The summed E-state index contributed by atoms with van der Waals surface area (Å²) in [4.78, 5) is 0. The zero-order chi connectivity index (χ0) is 10.8. The van der Waals surface area contributed by atoms with E-state index in [9.17, 15) is 9.50 Å². The number of benzene rings is 1. The van der Waals surface area contributed by atoms with Crippen molar-refractivity contribution in [2.45, 2.75) is 18.9 Å². The molecule has 1 aromatic rings. The summed E-state index contributed by atoms with van der Waals surface area (Å²) < 4.78 is 19.0. The van der Waals surface area contributed by atoms with Gasteiger partial charge >= 0.3 is 0 Å². The van der Waals surface area contributed by atoms with Gasteiger partial charge in [0.15, 0.2) is 0 Å². The molecule has 1 unspecified atom stereocenters. The molecule has 82 valence electrons. The van der Waals surface area contributed by atoms with Crippen molar-refractivity contribution in [2.24, 2.45) is 5.92 Å². The van der Waals surface area contributed by atoms with E-state index >= 15 is 0 Å². The van der Waals surface area contributed by atoms with Crippen LogP contribution in [0.5, 0.6) is 0 Å². The van der Waals surface area contributed by atoms with Crippen molar-refractivity contribution in [3.05, 3.63) is 35.6 Å². The standard InChI is InChI=1S/C12H15FO2/c1-8-10(6-14)11(7-15-8)9-4-2-3-5-12(9)13/h2-5,8,10-11,14H,6-7H2,1H3/t8-,10-,11?/m1/s1. The second-order valence-electron chi connectivity index (χ2n) is 4.01. The largest absolute Gasteiger partial charge is 0.396 e. The molecular weight excluding hydrogens is 195 g/mol. The Balaban J connectivity index is 2.28. The summed E-state index contributed by atoms with van der Waals surface area (Å²) in [6, 6.07) is 6.71. The average molecular weight is 210 g/mol. The van der Waals surface area contributed by atoms with Crippen LogP contribution in [0.3, 0.4) is 0 Å². The number of rotatable bonds is 2. The summed E-state index contributed by atoms with van der Waals surface area (Å²) in [6.45, 7) is 2.45. The highest BCUT2D eigenvalue weighted by molar-refractivity contribution is 5.24. The number of ether oxygens (including phenoxy) is 1. The molecule has 2 rings (SSSR count). The van der Waals surface area contributed by atoms with Gasteiger partial charge in [-0.15, -0.1) is 0 Å². The SMILES string of the molecule is C[C@H]1OCC(c2ccccc2F)[C@@H]1CO. The Bertz CT molecular complexity index is 340. The van der Waals surface area contributed by atoms with Crippen molar-refractivity contribution in [3.63, 3.8) is 0 Å². The Morgan fingerprint density at radius 1 is 1.47 bits per heavy atom. The Hall–Kier alpha value is -0.930. The number of aliphatic hydroxyl groups excluding tert-OH is 1. The highest BCUT2D eigenvalue weighted by Gasteiger charge is 2.36. The fourth-order valence-corrected chi connectivity index (χ4v) is 2.20. The molecule has 0 amide bonds. The third kappa shape index (κ3) is 1.90. The molecule has 0 aliphatic carbocycles. The van der Waals surface area contributed by atoms with Crippen LogP contribution in [0.25, 0.3) is 0 Å². The quantitative estimate of drug-likeness (QED) is 0.808. The lowest BCUT2D eigenvalue weighted by atomic mass is 9.86. The van der Waals surface area contributed by atoms with E-state index in [0.717, 1.165) is 0 Å². The van der Waals surface area contributed by atoms with Gasteiger partial charge in [0, 0.05) is 18.4 Å². The molecule has 3 atom stereocenters. The van der Waals surface area contributed by atoms with E-state index in [1.807, 2.05) is 13.0 Å². The molecule has 0 bridgehead atoms. The van der Waals surface area contributed by atoms with Crippen molar-refractivity contribution >= 4 is 0 Å². The van der Waals surface area contributed by atoms with Crippen LogP contribution in [0.15, 0.2) is 24.3 Å². The summed E-state index contributed by atoms with van der Waals surface area (Å²) in [6.07, 6.45) is -0.000365. The second-order valence-corrected chi connectivity index (χ2v) is 4.01. The van der Waals surface area contributed by atoms with E-state index in [2.05, 4.69) is 0 Å². The number of halogens is 1. The highest BCUT2D eigenvalue weighted by atomic mass is 19.1. The molecule has 0 radical (unpaired) electrons. The zero-order valence-corrected chi connectivity index (χ0v) is 8.69. The van der Waals surface area contributed by atoms with E-state index in [0.29, 0.717) is 12.2 Å². The molecule has 15 heavy (non-hydrogen) atoms. The maximum absolute atomic E-state index is 13.5. The summed E-state index contributed by atoms with van der Waals surface area (Å²) >= 11 is 0. The minimum absolute atomic E-state index is 0.000365. The lowest BCUT2D eigenvalue weighted by Gasteiger charge is -2.18. The number of hydrogen-bond donors (Lipinski definition) is 1. The lowest BCUT2D eigenvalue weighted by molar-refractivity contribution is 0.0863. The Morgan fingerprint density at radius 3 is 2.87 bits per heavy atom. The first kappa shape index (κ1) is 10.6. The fraction of sp³-hybridized carbons (Fsp3) is 0.500. The first-order valence-electron chi connectivity index (χ1n) is 5.21. The van der Waals surface area contributed by atoms with Gasteiger partial charge in [-0.2, -0.15) is 0 Å². The van der Waals surface area contributed by atoms with Gasteiger partial charge in [-0.1, -0.05) is 18.2 Å². The molecule has 0 saturated carbocycles. The van der Waals surface area contributed by atoms with Crippen LogP contribution in [0.4, 0.5) is 4.39 Å². The molecule has 0 aromatic heterocycles. The van der Waals surface area contributed by atoms with E-state index in [1.165, 1.54) is 6.07 Å². The zero-order valence-electron chi connectivity index (χ0n) is 8.69. The van der Waals surface area contributed by atoms with E-state index in [4.69, 9.17) is 4.74 Å². The highest BCUT2D eigenvalue weighted by Crippen LogP contribution is 2.35. The fourth-order valence-electron chi connectivity index (χ4n) is 2.20. The van der Waals surface area contributed by atoms with Gasteiger partial charge in [-0.05, 0) is 18.6 Å². The smallest absolute Gasteiger partial charge is 0.126 e. The van der Waals surface area contributed by atoms with Crippen LogP contribution in [0.1, 0.15) is 18.4 Å². The van der Waals surface area contributed by atoms with Crippen LogP contribution < -0.4 is 0 Å². The predicted molar refractivity (Wildman–Crippen MR) is 55.1 cm³/mol. The van der Waals surface area contributed by atoms with Crippen LogP contribution >= 0.6 is 0 Å². The summed E-state index contributed by atoms with van der Waals surface area (Å²) in [7, 11) is 0. The van der Waals surface area contributed by atoms with Crippen LogP contribution in [-0.2, 0) is 4.74 Å². The van der Waals surface area contributed by atoms with Gasteiger partial charge in [0.1, 0.15) is 5.82 Å². The minimum Gasteiger partial charge on any atom is -0.396 e. The van der Waals surface area contributed by atoms with Crippen molar-refractivity contribution in [1.29, 1.82) is 0 Å². The van der Waals surface area contributed by atoms with Crippen molar-refractivity contribution in [2.75, 3.05) is 13.2 Å². The third-order valence-electron chi connectivity index (χ3n) is 3.17. The molecule has 1 saturated heterocycles. The molecule has 0 spiro atoms. The molecule has 1 aliphatic rings. The molecule has 1 aromatic carbocycles. The van der Waals surface area contributed by atoms with Crippen molar-refractivity contribution < 1.29 is 14.2 Å². The monoisotopic (exact) mass is 210 g/mol. The molecule has 1 heterocycles. The van der Waals surface area contributed by atoms with Crippen LogP contribution in [-0.4, -0.2) is 24.4 Å². The first-order valence-corrected chi connectivity index (χ1v) is 5.21. The van der Waals surface area contributed by atoms with Gasteiger partial charge in [0.25, 0.3) is 0 Å². The Morgan fingerprint density at radius 2 is 2.20 bits per heavy atom. The molecule has 2 nitrogen and oxygen atoms in total. The van der Waals surface area contributed by atoms with Gasteiger partial charge < -0.3 is 9.84 Å². The van der Waals surface area contributed by atoms with E-state index in [-0.39, 0.29) is 30.4 Å². The number of aliphatic hydroxyl groups is 1. The van der Waals surface area contributed by atoms with E-state index in [1.54, 1.807) is 12.1 Å². The summed E-state index contributed by atoms with van der Waals surface area (Å²) in [5.74, 6) is -0.230. The maximum atomic E-state index is 13.5. The molecular formula is C12H15FO2. The van der Waals surface area contributed by atoms with Gasteiger partial charge in [-0.25, -0.2) is 4.39 Å². The van der Waals surface area contributed by atoms with Crippen molar-refractivity contribution in [3.8, 4) is 0 Å². The van der Waals surface area contributed by atoms with E-state index < -0.39 is 0 Å². The van der Waals surface area contributed by atoms with Crippen LogP contribution in [0.2, 0.25) is 0 Å². The molecule has 1 fully saturated rings. The third-order valence-corrected chi connectivity index (χ3v) is 3.17. The van der Waals surface area contributed by atoms with Gasteiger partial charge in [0.05, 0.1) is 12.7 Å². The normalized spacial score (nSPS) is 30.7.